The van der Waals surface area contributed by atoms with Gasteiger partial charge in [-0.1, -0.05) is 19.1 Å². The van der Waals surface area contributed by atoms with Crippen molar-refractivity contribution in [2.24, 2.45) is 5.92 Å². The molecule has 1 N–H and O–H groups in total. The Hall–Kier alpha value is -2.30. The summed E-state index contributed by atoms with van der Waals surface area (Å²) >= 11 is 0. The summed E-state index contributed by atoms with van der Waals surface area (Å²) in [5, 5.41) is 2.79. The van der Waals surface area contributed by atoms with E-state index in [9.17, 15) is 18.0 Å². The maximum atomic E-state index is 12.7. The van der Waals surface area contributed by atoms with Crippen LogP contribution in [0.15, 0.2) is 28.7 Å². The lowest BCUT2D eigenvalue weighted by molar-refractivity contribution is -0.127. The second-order valence-electron chi connectivity index (χ2n) is 8.20. The van der Waals surface area contributed by atoms with Crippen molar-refractivity contribution in [2.75, 3.05) is 37.9 Å². The topological polar surface area (TPSA) is 125 Å². The van der Waals surface area contributed by atoms with Crippen molar-refractivity contribution in [3.63, 3.8) is 0 Å². The molecule has 182 valence electrons. The third-order valence-corrected chi connectivity index (χ3v) is 7.42. The Morgan fingerprint density at radius 2 is 1.97 bits per heavy atom. The summed E-state index contributed by atoms with van der Waals surface area (Å²) in [4.78, 5) is 29.2. The standard InChI is InChI=1S/C23H32N2O7S/c1-2-33(28,29)16-17(15-31-18-10-13-30-14-11-18)22(27)24-12-6-5-8-20(26)23-25-19-7-3-4-9-21(19)32-23/h3-4,7,9,17-18H,2,5-6,8,10-16H2,1H3,(H,24,27). The van der Waals surface area contributed by atoms with Gasteiger partial charge in [-0.3, -0.25) is 9.59 Å². The second kappa shape index (κ2) is 12.2. The van der Waals surface area contributed by atoms with E-state index in [4.69, 9.17) is 13.9 Å². The molecule has 2 aromatic rings. The molecule has 33 heavy (non-hydrogen) atoms. The fraction of sp³-hybridized carbons (Fsp3) is 0.609. The molecule has 0 aliphatic carbocycles. The number of hydrogen-bond donors (Lipinski definition) is 1. The van der Waals surface area contributed by atoms with Crippen molar-refractivity contribution in [1.82, 2.24) is 10.3 Å². The first kappa shape index (κ1) is 25.3. The maximum absolute atomic E-state index is 12.7. The largest absolute Gasteiger partial charge is 0.434 e. The molecule has 1 atom stereocenters. The number of amides is 1. The number of unbranched alkanes of at least 4 members (excludes halogenated alkanes) is 1. The Morgan fingerprint density at radius 3 is 2.70 bits per heavy atom. The summed E-state index contributed by atoms with van der Waals surface area (Å²) in [6.07, 6.45) is 2.84. The summed E-state index contributed by atoms with van der Waals surface area (Å²) in [7, 11) is -3.33. The average Bonchev–Trinajstić information content (AvgIpc) is 3.26. The Kier molecular flexibility index (Phi) is 9.40. The number of nitrogens with zero attached hydrogens (tertiary/aromatic N) is 1. The zero-order chi connectivity index (χ0) is 23.7. The lowest BCUT2D eigenvalue weighted by Gasteiger charge is -2.25. The van der Waals surface area contributed by atoms with Crippen LogP contribution >= 0.6 is 0 Å². The third kappa shape index (κ3) is 7.90. The Morgan fingerprint density at radius 1 is 1.21 bits per heavy atom. The summed E-state index contributed by atoms with van der Waals surface area (Å²) in [5.41, 5.74) is 1.22. The van der Waals surface area contributed by atoms with Gasteiger partial charge in [-0.25, -0.2) is 13.4 Å². The molecule has 1 unspecified atom stereocenters. The number of fused-ring (bicyclic) bond motifs is 1. The molecule has 1 saturated heterocycles. The highest BCUT2D eigenvalue weighted by molar-refractivity contribution is 7.91. The number of benzene rings is 1. The quantitative estimate of drug-likeness (QED) is 0.343. The molecule has 1 amide bonds. The lowest BCUT2D eigenvalue weighted by Crippen LogP contribution is -2.39. The van der Waals surface area contributed by atoms with E-state index in [1.165, 1.54) is 0 Å². The van der Waals surface area contributed by atoms with Crippen LogP contribution in [-0.4, -0.2) is 69.1 Å². The first-order valence-electron chi connectivity index (χ1n) is 11.4. The first-order valence-corrected chi connectivity index (χ1v) is 13.3. The minimum Gasteiger partial charge on any atom is -0.434 e. The number of rotatable bonds is 13. The highest BCUT2D eigenvalue weighted by Crippen LogP contribution is 2.17. The normalized spacial score (nSPS) is 16.0. The molecule has 1 fully saturated rings. The molecule has 3 rings (SSSR count). The van der Waals surface area contributed by atoms with Gasteiger partial charge in [-0.2, -0.15) is 0 Å². The van der Waals surface area contributed by atoms with Crippen LogP contribution in [0.1, 0.15) is 49.7 Å². The third-order valence-electron chi connectivity index (χ3n) is 5.63. The molecule has 10 heteroatoms. The number of sulfone groups is 1. The molecular formula is C23H32N2O7S. The van der Waals surface area contributed by atoms with Crippen molar-refractivity contribution in [2.45, 2.75) is 45.1 Å². The smallest absolute Gasteiger partial charge is 0.264 e. The Balaban J connectivity index is 1.42. The van der Waals surface area contributed by atoms with E-state index in [-0.39, 0.29) is 48.2 Å². The van der Waals surface area contributed by atoms with Crippen molar-refractivity contribution >= 4 is 32.6 Å². The molecule has 0 spiro atoms. The van der Waals surface area contributed by atoms with Crippen molar-refractivity contribution < 1.29 is 31.9 Å². The summed E-state index contributed by atoms with van der Waals surface area (Å²) in [5.74, 6) is -1.46. The van der Waals surface area contributed by atoms with Crippen molar-refractivity contribution in [3.8, 4) is 0 Å². The predicted molar refractivity (Wildman–Crippen MR) is 123 cm³/mol. The van der Waals surface area contributed by atoms with Crippen LogP contribution in [0, 0.1) is 5.92 Å². The van der Waals surface area contributed by atoms with E-state index >= 15 is 0 Å². The number of hydrogen-bond acceptors (Lipinski definition) is 8. The van der Waals surface area contributed by atoms with Crippen LogP contribution in [0.5, 0.6) is 0 Å². The number of nitrogens with one attached hydrogen (secondary N) is 1. The molecule has 1 aromatic heterocycles. The molecular weight excluding hydrogens is 448 g/mol. The summed E-state index contributed by atoms with van der Waals surface area (Å²) < 4.78 is 40.8. The van der Waals surface area contributed by atoms with E-state index < -0.39 is 15.8 Å². The van der Waals surface area contributed by atoms with E-state index in [1.54, 1.807) is 19.1 Å². The Bertz CT molecular complexity index is 995. The molecule has 0 bridgehead atoms. The van der Waals surface area contributed by atoms with Gasteiger partial charge in [0.05, 0.1) is 24.4 Å². The van der Waals surface area contributed by atoms with E-state index in [0.717, 1.165) is 12.8 Å². The molecule has 2 heterocycles. The number of aromatic nitrogens is 1. The first-order chi connectivity index (χ1) is 15.9. The van der Waals surface area contributed by atoms with Crippen molar-refractivity contribution in [1.29, 1.82) is 0 Å². The van der Waals surface area contributed by atoms with Gasteiger partial charge in [-0.15, -0.1) is 0 Å². The van der Waals surface area contributed by atoms with Gasteiger partial charge in [0, 0.05) is 31.9 Å². The zero-order valence-electron chi connectivity index (χ0n) is 19.0. The number of carbonyl (C=O) groups is 2. The summed E-state index contributed by atoms with van der Waals surface area (Å²) in [6, 6.07) is 7.19. The maximum Gasteiger partial charge on any atom is 0.264 e. The van der Waals surface area contributed by atoms with Crippen LogP contribution in [-0.2, 0) is 24.1 Å². The molecule has 9 nitrogen and oxygen atoms in total. The van der Waals surface area contributed by atoms with Gasteiger partial charge < -0.3 is 19.2 Å². The zero-order valence-corrected chi connectivity index (χ0v) is 19.8. The number of Topliss-reactive ketones (excluding diaryl/α,β-unsaturated/α-hetero) is 1. The van der Waals surface area contributed by atoms with Crippen LogP contribution < -0.4 is 5.32 Å². The second-order valence-corrected chi connectivity index (χ2v) is 10.6. The highest BCUT2D eigenvalue weighted by Gasteiger charge is 2.26. The van der Waals surface area contributed by atoms with Gasteiger partial charge in [0.25, 0.3) is 5.89 Å². The van der Waals surface area contributed by atoms with Crippen molar-refractivity contribution in [3.05, 3.63) is 30.2 Å². The van der Waals surface area contributed by atoms with E-state index in [2.05, 4.69) is 10.3 Å². The fourth-order valence-electron chi connectivity index (χ4n) is 3.58. The molecule has 0 radical (unpaired) electrons. The van der Waals surface area contributed by atoms with E-state index in [0.29, 0.717) is 43.7 Å². The lowest BCUT2D eigenvalue weighted by atomic mass is 10.1. The van der Waals surface area contributed by atoms with Gasteiger partial charge in [0.15, 0.2) is 15.4 Å². The van der Waals surface area contributed by atoms with Crippen LogP contribution in [0.4, 0.5) is 0 Å². The molecule has 1 aliphatic rings. The summed E-state index contributed by atoms with van der Waals surface area (Å²) in [6.45, 7) is 3.19. The number of oxazole rings is 1. The number of ether oxygens (including phenoxy) is 2. The van der Waals surface area contributed by atoms with Gasteiger partial charge >= 0.3 is 0 Å². The molecule has 1 aliphatic heterocycles. The van der Waals surface area contributed by atoms with Gasteiger partial charge in [0.1, 0.15) is 5.52 Å². The van der Waals surface area contributed by atoms with Gasteiger partial charge in [-0.05, 0) is 37.8 Å². The van der Waals surface area contributed by atoms with Crippen LogP contribution in [0.2, 0.25) is 0 Å². The predicted octanol–water partition coefficient (Wildman–Crippen LogP) is 2.54. The van der Waals surface area contributed by atoms with Crippen LogP contribution in [0.3, 0.4) is 0 Å². The fourth-order valence-corrected chi connectivity index (χ4v) is 4.68. The number of ketones is 1. The van der Waals surface area contributed by atoms with Gasteiger partial charge in [0.2, 0.25) is 11.7 Å². The minimum atomic E-state index is -3.33. The minimum absolute atomic E-state index is 0.0174. The number of carbonyl (C=O) groups excluding carboxylic acids is 2. The SMILES string of the molecule is CCS(=O)(=O)CC(COC1CCOCC1)C(=O)NCCCCC(=O)c1nc2ccccc2o1. The average molecular weight is 481 g/mol. The molecule has 0 saturated carbocycles. The highest BCUT2D eigenvalue weighted by atomic mass is 32.2. The number of para-hydroxylation sites is 2. The molecule has 1 aromatic carbocycles. The Labute approximate surface area is 194 Å². The van der Waals surface area contributed by atoms with E-state index in [1.807, 2.05) is 12.1 Å². The monoisotopic (exact) mass is 480 g/mol. The van der Waals surface area contributed by atoms with Crippen LogP contribution in [0.25, 0.3) is 11.1 Å².